The van der Waals surface area contributed by atoms with Crippen LogP contribution in [-0.2, 0) is 16.4 Å². The summed E-state index contributed by atoms with van der Waals surface area (Å²) in [4.78, 5) is 12.5. The Balaban J connectivity index is 1.61. The van der Waals surface area contributed by atoms with E-state index in [0.717, 1.165) is 16.5 Å². The number of rotatable bonds is 6. The number of hydrogen-bond donors (Lipinski definition) is 1. The van der Waals surface area contributed by atoms with Crippen molar-refractivity contribution in [1.82, 2.24) is 9.29 Å². The van der Waals surface area contributed by atoms with Crippen molar-refractivity contribution in [3.05, 3.63) is 102 Å². The predicted molar refractivity (Wildman–Crippen MR) is 118 cm³/mol. The lowest BCUT2D eigenvalue weighted by Crippen LogP contribution is -2.25. The zero-order valence-corrected chi connectivity index (χ0v) is 17.4. The Morgan fingerprint density at radius 2 is 1.57 bits per heavy atom. The molecule has 1 N–H and O–H groups in total. The zero-order valence-electron chi connectivity index (χ0n) is 16.6. The van der Waals surface area contributed by atoms with E-state index >= 15 is 0 Å². The average molecular weight is 419 g/mol. The van der Waals surface area contributed by atoms with Gasteiger partial charge >= 0.3 is 0 Å². The summed E-state index contributed by atoms with van der Waals surface area (Å²) >= 11 is 0. The molecule has 4 aromatic rings. The van der Waals surface area contributed by atoms with Crippen molar-refractivity contribution in [2.24, 2.45) is 0 Å². The number of nitrogens with zero attached hydrogens (tertiary/aromatic N) is 1. The first-order chi connectivity index (χ1) is 14.5. The van der Waals surface area contributed by atoms with Gasteiger partial charge in [-0.2, -0.15) is 0 Å². The van der Waals surface area contributed by atoms with Crippen molar-refractivity contribution in [3.63, 3.8) is 0 Å². The Labute approximate surface area is 176 Å². The maximum Gasteiger partial charge on any atom is 0.268 e. The molecule has 0 bridgehead atoms. The summed E-state index contributed by atoms with van der Waals surface area (Å²) < 4.78 is 27.8. The normalized spacial score (nSPS) is 11.5. The molecule has 5 nitrogen and oxygen atoms in total. The van der Waals surface area contributed by atoms with E-state index in [2.05, 4.69) is 5.32 Å². The molecule has 0 spiro atoms. The fourth-order valence-corrected chi connectivity index (χ4v) is 4.83. The van der Waals surface area contributed by atoms with Gasteiger partial charge in [0.15, 0.2) is 0 Å². The molecule has 0 saturated carbocycles. The number of aryl methyl sites for hydroxylation is 1. The molecule has 0 aliphatic heterocycles. The highest BCUT2D eigenvalue weighted by atomic mass is 32.2. The third-order valence-electron chi connectivity index (χ3n) is 5.05. The summed E-state index contributed by atoms with van der Waals surface area (Å²) in [6, 6.07) is 23.3. The van der Waals surface area contributed by atoms with Crippen molar-refractivity contribution in [1.29, 1.82) is 0 Å². The van der Waals surface area contributed by atoms with Gasteiger partial charge in [-0.15, -0.1) is 0 Å². The summed E-state index contributed by atoms with van der Waals surface area (Å²) in [7, 11) is -3.72. The molecule has 3 aromatic carbocycles. The Morgan fingerprint density at radius 1 is 0.900 bits per heavy atom. The highest BCUT2D eigenvalue weighted by Gasteiger charge is 2.21. The smallest absolute Gasteiger partial charge is 0.268 e. The molecule has 152 valence electrons. The lowest BCUT2D eigenvalue weighted by Gasteiger charge is -2.07. The number of nitrogens with one attached hydrogen (secondary N) is 1. The molecule has 0 radical (unpaired) electrons. The highest BCUT2D eigenvalue weighted by Crippen LogP contribution is 2.26. The van der Waals surface area contributed by atoms with Gasteiger partial charge in [-0.3, -0.25) is 4.79 Å². The molecule has 4 rings (SSSR count). The zero-order chi connectivity index (χ0) is 21.1. The Hall–Kier alpha value is -3.38. The van der Waals surface area contributed by atoms with E-state index in [-0.39, 0.29) is 10.8 Å². The number of aromatic nitrogens is 1. The first-order valence-corrected chi connectivity index (χ1v) is 11.2. The molecule has 0 aliphatic carbocycles. The van der Waals surface area contributed by atoms with E-state index in [1.54, 1.807) is 48.7 Å². The van der Waals surface area contributed by atoms with Crippen LogP contribution < -0.4 is 5.32 Å². The summed E-state index contributed by atoms with van der Waals surface area (Å²) in [5.41, 5.74) is 3.10. The quantitative estimate of drug-likeness (QED) is 0.511. The van der Waals surface area contributed by atoms with Crippen molar-refractivity contribution in [2.75, 3.05) is 6.54 Å². The Morgan fingerprint density at radius 3 is 2.30 bits per heavy atom. The van der Waals surface area contributed by atoms with Gasteiger partial charge in [0.2, 0.25) is 0 Å². The number of benzene rings is 3. The van der Waals surface area contributed by atoms with Gasteiger partial charge in [0.05, 0.1) is 10.4 Å². The number of para-hydroxylation sites is 1. The SMILES string of the molecule is Cc1ccc(S(=O)(=O)n2cc(CCNC(=O)c3ccccc3)c3ccccc32)cc1. The lowest BCUT2D eigenvalue weighted by atomic mass is 10.1. The molecular weight excluding hydrogens is 396 g/mol. The van der Waals surface area contributed by atoms with Gasteiger partial charge in [-0.05, 0) is 49.2 Å². The summed E-state index contributed by atoms with van der Waals surface area (Å²) in [6.07, 6.45) is 2.18. The third-order valence-corrected chi connectivity index (χ3v) is 6.74. The summed E-state index contributed by atoms with van der Waals surface area (Å²) in [5, 5.41) is 3.76. The molecule has 1 amide bonds. The highest BCUT2D eigenvalue weighted by molar-refractivity contribution is 7.90. The Bertz CT molecular complexity index is 1290. The van der Waals surface area contributed by atoms with Crippen LogP contribution in [0.5, 0.6) is 0 Å². The second kappa shape index (κ2) is 8.16. The topological polar surface area (TPSA) is 68.2 Å². The standard InChI is InChI=1S/C24H22N2O3S/c1-18-11-13-21(14-12-18)30(28,29)26-17-20(22-9-5-6-10-23(22)26)15-16-25-24(27)19-7-3-2-4-8-19/h2-14,17H,15-16H2,1H3,(H,25,27). The van der Waals surface area contributed by atoms with Crippen molar-refractivity contribution >= 4 is 26.8 Å². The summed E-state index contributed by atoms with van der Waals surface area (Å²) in [6.45, 7) is 2.33. The average Bonchev–Trinajstić information content (AvgIpc) is 3.14. The molecule has 0 atom stereocenters. The van der Waals surface area contributed by atoms with E-state index in [0.29, 0.717) is 24.0 Å². The molecule has 30 heavy (non-hydrogen) atoms. The van der Waals surface area contributed by atoms with Crippen LogP contribution in [0.2, 0.25) is 0 Å². The number of fused-ring (bicyclic) bond motifs is 1. The third kappa shape index (κ3) is 3.86. The van der Waals surface area contributed by atoms with Gasteiger partial charge in [-0.25, -0.2) is 12.4 Å². The van der Waals surface area contributed by atoms with Crippen molar-refractivity contribution < 1.29 is 13.2 Å². The number of hydrogen-bond acceptors (Lipinski definition) is 3. The minimum absolute atomic E-state index is 0.147. The number of carbonyl (C=O) groups excluding carboxylic acids is 1. The van der Waals surface area contributed by atoms with Gasteiger partial charge in [0.25, 0.3) is 15.9 Å². The van der Waals surface area contributed by atoms with Gasteiger partial charge in [0.1, 0.15) is 0 Å². The second-order valence-electron chi connectivity index (χ2n) is 7.16. The molecule has 1 heterocycles. The van der Waals surface area contributed by atoms with E-state index in [1.807, 2.05) is 43.3 Å². The Kier molecular flexibility index (Phi) is 5.42. The predicted octanol–water partition coefficient (Wildman–Crippen LogP) is 4.16. The maximum absolute atomic E-state index is 13.2. The van der Waals surface area contributed by atoms with Crippen LogP contribution in [0.3, 0.4) is 0 Å². The van der Waals surface area contributed by atoms with E-state index in [9.17, 15) is 13.2 Å². The monoisotopic (exact) mass is 418 g/mol. The van der Waals surface area contributed by atoms with Gasteiger partial charge in [0, 0.05) is 23.7 Å². The van der Waals surface area contributed by atoms with E-state index in [4.69, 9.17) is 0 Å². The van der Waals surface area contributed by atoms with Crippen LogP contribution in [-0.4, -0.2) is 24.8 Å². The van der Waals surface area contributed by atoms with E-state index in [1.165, 1.54) is 3.97 Å². The van der Waals surface area contributed by atoms with E-state index < -0.39 is 10.0 Å². The van der Waals surface area contributed by atoms with Crippen molar-refractivity contribution in [2.45, 2.75) is 18.2 Å². The fourth-order valence-electron chi connectivity index (χ4n) is 3.44. The minimum Gasteiger partial charge on any atom is -0.352 e. The van der Waals surface area contributed by atoms with Gasteiger partial charge in [-0.1, -0.05) is 54.1 Å². The molecule has 0 saturated heterocycles. The number of carbonyl (C=O) groups is 1. The van der Waals surface area contributed by atoms with Crippen LogP contribution in [0, 0.1) is 6.92 Å². The minimum atomic E-state index is -3.72. The number of amides is 1. The van der Waals surface area contributed by atoms with Crippen molar-refractivity contribution in [3.8, 4) is 0 Å². The van der Waals surface area contributed by atoms with Crippen LogP contribution >= 0.6 is 0 Å². The molecule has 0 aliphatic rings. The maximum atomic E-state index is 13.2. The largest absolute Gasteiger partial charge is 0.352 e. The lowest BCUT2D eigenvalue weighted by molar-refractivity contribution is 0.0954. The molecule has 1 aromatic heterocycles. The van der Waals surface area contributed by atoms with Gasteiger partial charge < -0.3 is 5.32 Å². The van der Waals surface area contributed by atoms with Crippen LogP contribution in [0.1, 0.15) is 21.5 Å². The molecular formula is C24H22N2O3S. The fraction of sp³-hybridized carbons (Fsp3) is 0.125. The van der Waals surface area contributed by atoms with Crippen LogP contribution in [0.15, 0.2) is 90.0 Å². The summed E-state index contributed by atoms with van der Waals surface area (Å²) in [5.74, 6) is -0.147. The second-order valence-corrected chi connectivity index (χ2v) is 8.97. The van der Waals surface area contributed by atoms with Crippen LogP contribution in [0.4, 0.5) is 0 Å². The molecule has 6 heteroatoms. The molecule has 0 unspecified atom stereocenters. The first kappa shape index (κ1) is 19.9. The molecule has 0 fully saturated rings. The van der Waals surface area contributed by atoms with Crippen LogP contribution in [0.25, 0.3) is 10.9 Å². The first-order valence-electron chi connectivity index (χ1n) is 9.71.